The molecule has 0 radical (unpaired) electrons. The monoisotopic (exact) mass is 329 g/mol. The van der Waals surface area contributed by atoms with Crippen molar-refractivity contribution in [1.29, 1.82) is 0 Å². The van der Waals surface area contributed by atoms with Crippen LogP contribution < -0.4 is 11.0 Å². The zero-order valence-corrected chi connectivity index (χ0v) is 13.2. The van der Waals surface area contributed by atoms with Crippen LogP contribution >= 0.6 is 0 Å². The molecule has 1 N–H and O–H groups in total. The summed E-state index contributed by atoms with van der Waals surface area (Å²) in [6.45, 7) is 3.83. The van der Waals surface area contributed by atoms with E-state index in [9.17, 15) is 14.0 Å². The summed E-state index contributed by atoms with van der Waals surface area (Å²) in [5.74, 6) is -0.448. The average molecular weight is 329 g/mol. The van der Waals surface area contributed by atoms with Crippen LogP contribution in [0.1, 0.15) is 20.3 Å². The standard InChI is InChI=1S/C16H16FN5O2/c1-10(2)7-14(23)20-21-9-18-15-13(16(21)24)8-19-22(15)12-5-3-11(17)4-6-12/h3-6,8-10H,7H2,1-2H3,(H,20,23). The number of amides is 1. The SMILES string of the molecule is CC(C)CC(=O)Nn1cnc2c(cnn2-c2ccc(F)cc2)c1=O. The van der Waals surface area contributed by atoms with Crippen molar-refractivity contribution in [2.75, 3.05) is 5.43 Å². The van der Waals surface area contributed by atoms with E-state index in [0.29, 0.717) is 17.8 Å². The third kappa shape index (κ3) is 3.03. The lowest BCUT2D eigenvalue weighted by Crippen LogP contribution is -2.33. The Morgan fingerprint density at radius 2 is 2.00 bits per heavy atom. The summed E-state index contributed by atoms with van der Waals surface area (Å²) in [5, 5.41) is 4.39. The summed E-state index contributed by atoms with van der Waals surface area (Å²) in [6.07, 6.45) is 2.92. The quantitative estimate of drug-likeness (QED) is 0.792. The summed E-state index contributed by atoms with van der Waals surface area (Å²) in [7, 11) is 0. The second-order valence-electron chi connectivity index (χ2n) is 5.82. The molecule has 0 aliphatic heterocycles. The molecule has 0 aliphatic carbocycles. The normalized spacial score (nSPS) is 11.2. The average Bonchev–Trinajstić information content (AvgIpc) is 2.95. The summed E-state index contributed by atoms with van der Waals surface area (Å²) >= 11 is 0. The van der Waals surface area contributed by atoms with Gasteiger partial charge in [-0.1, -0.05) is 13.8 Å². The van der Waals surface area contributed by atoms with E-state index < -0.39 is 5.56 Å². The summed E-state index contributed by atoms with van der Waals surface area (Å²) < 4.78 is 15.5. The van der Waals surface area contributed by atoms with Gasteiger partial charge in [0.25, 0.3) is 5.56 Å². The molecule has 0 aliphatic rings. The molecule has 0 saturated carbocycles. The fraction of sp³-hybridized carbons (Fsp3) is 0.250. The Balaban J connectivity index is 1.98. The van der Waals surface area contributed by atoms with Gasteiger partial charge in [-0.05, 0) is 30.2 Å². The van der Waals surface area contributed by atoms with Gasteiger partial charge in [-0.3, -0.25) is 15.0 Å². The third-order valence-corrected chi connectivity index (χ3v) is 3.40. The van der Waals surface area contributed by atoms with E-state index in [1.54, 1.807) is 12.1 Å². The number of nitrogens with one attached hydrogen (secondary N) is 1. The van der Waals surface area contributed by atoms with Crippen LogP contribution in [0.15, 0.2) is 41.6 Å². The summed E-state index contributed by atoms with van der Waals surface area (Å²) in [4.78, 5) is 28.4. The molecule has 2 aromatic heterocycles. The second-order valence-corrected chi connectivity index (χ2v) is 5.82. The molecular weight excluding hydrogens is 313 g/mol. The highest BCUT2D eigenvalue weighted by molar-refractivity contribution is 5.84. The number of nitrogens with zero attached hydrogens (tertiary/aromatic N) is 4. The molecule has 24 heavy (non-hydrogen) atoms. The van der Waals surface area contributed by atoms with Gasteiger partial charge in [-0.2, -0.15) is 5.10 Å². The highest BCUT2D eigenvalue weighted by Crippen LogP contribution is 2.13. The molecule has 3 aromatic rings. The first-order chi connectivity index (χ1) is 11.5. The van der Waals surface area contributed by atoms with Crippen molar-refractivity contribution in [2.45, 2.75) is 20.3 Å². The van der Waals surface area contributed by atoms with Gasteiger partial charge < -0.3 is 0 Å². The molecule has 8 heteroatoms. The van der Waals surface area contributed by atoms with E-state index in [2.05, 4.69) is 15.5 Å². The van der Waals surface area contributed by atoms with Crippen molar-refractivity contribution in [3.05, 3.63) is 53.0 Å². The van der Waals surface area contributed by atoms with Crippen molar-refractivity contribution in [1.82, 2.24) is 19.4 Å². The number of hydrogen-bond acceptors (Lipinski definition) is 4. The Morgan fingerprint density at radius 1 is 1.29 bits per heavy atom. The van der Waals surface area contributed by atoms with E-state index in [4.69, 9.17) is 0 Å². The molecule has 0 fully saturated rings. The summed E-state index contributed by atoms with van der Waals surface area (Å²) in [5.41, 5.74) is 3.00. The highest BCUT2D eigenvalue weighted by atomic mass is 19.1. The lowest BCUT2D eigenvalue weighted by Gasteiger charge is -2.09. The number of halogens is 1. The van der Waals surface area contributed by atoms with Gasteiger partial charge in [0.15, 0.2) is 5.65 Å². The molecule has 0 saturated heterocycles. The van der Waals surface area contributed by atoms with Crippen LogP contribution in [0.3, 0.4) is 0 Å². The molecule has 1 aromatic carbocycles. The van der Waals surface area contributed by atoms with Crippen LogP contribution in [-0.4, -0.2) is 25.3 Å². The largest absolute Gasteiger partial charge is 0.283 e. The number of carbonyl (C=O) groups is 1. The van der Waals surface area contributed by atoms with Crippen LogP contribution in [0.4, 0.5) is 4.39 Å². The van der Waals surface area contributed by atoms with Crippen LogP contribution in [0.2, 0.25) is 0 Å². The highest BCUT2D eigenvalue weighted by Gasteiger charge is 2.13. The molecule has 0 bridgehead atoms. The molecular formula is C16H16FN5O2. The first-order valence-electron chi connectivity index (χ1n) is 7.47. The second kappa shape index (κ2) is 6.23. The van der Waals surface area contributed by atoms with Gasteiger partial charge in [-0.15, -0.1) is 0 Å². The molecule has 2 heterocycles. The third-order valence-electron chi connectivity index (χ3n) is 3.40. The van der Waals surface area contributed by atoms with Crippen molar-refractivity contribution < 1.29 is 9.18 Å². The summed E-state index contributed by atoms with van der Waals surface area (Å²) in [6, 6.07) is 5.69. The van der Waals surface area contributed by atoms with Crippen LogP contribution in [0.25, 0.3) is 16.7 Å². The lowest BCUT2D eigenvalue weighted by molar-refractivity contribution is -0.117. The Bertz CT molecular complexity index is 943. The van der Waals surface area contributed by atoms with E-state index in [1.807, 2.05) is 13.8 Å². The number of hydrogen-bond donors (Lipinski definition) is 1. The number of fused-ring (bicyclic) bond motifs is 1. The zero-order chi connectivity index (χ0) is 17.3. The molecule has 7 nitrogen and oxygen atoms in total. The predicted octanol–water partition coefficient (Wildman–Crippen LogP) is 1.84. The van der Waals surface area contributed by atoms with E-state index in [0.717, 1.165) is 4.68 Å². The van der Waals surface area contributed by atoms with Gasteiger partial charge in [-0.25, -0.2) is 18.7 Å². The maximum absolute atomic E-state index is 13.0. The number of benzene rings is 1. The van der Waals surface area contributed by atoms with E-state index in [-0.39, 0.29) is 23.0 Å². The minimum atomic E-state index is -0.425. The molecule has 1 amide bonds. The van der Waals surface area contributed by atoms with Gasteiger partial charge in [0.2, 0.25) is 5.91 Å². The van der Waals surface area contributed by atoms with Gasteiger partial charge >= 0.3 is 0 Å². The van der Waals surface area contributed by atoms with Gasteiger partial charge in [0.1, 0.15) is 17.5 Å². The molecule has 0 unspecified atom stereocenters. The van der Waals surface area contributed by atoms with E-state index >= 15 is 0 Å². The van der Waals surface area contributed by atoms with Crippen LogP contribution in [-0.2, 0) is 4.79 Å². The fourth-order valence-corrected chi connectivity index (χ4v) is 2.31. The molecule has 0 atom stereocenters. The molecule has 124 valence electrons. The molecule has 0 spiro atoms. The van der Waals surface area contributed by atoms with Crippen LogP contribution in [0, 0.1) is 11.7 Å². The minimum absolute atomic E-state index is 0.179. The van der Waals surface area contributed by atoms with Gasteiger partial charge in [0, 0.05) is 6.42 Å². The molecule has 3 rings (SSSR count). The van der Waals surface area contributed by atoms with Crippen molar-refractivity contribution >= 4 is 16.9 Å². The maximum atomic E-state index is 13.0. The van der Waals surface area contributed by atoms with E-state index in [1.165, 1.54) is 29.3 Å². The Labute approximate surface area is 136 Å². The topological polar surface area (TPSA) is 81.8 Å². The Kier molecular flexibility index (Phi) is 4.11. The Hall–Kier alpha value is -3.03. The maximum Gasteiger partial charge on any atom is 0.283 e. The van der Waals surface area contributed by atoms with Gasteiger partial charge in [0.05, 0.1) is 11.9 Å². The van der Waals surface area contributed by atoms with Crippen molar-refractivity contribution in [3.8, 4) is 5.69 Å². The predicted molar refractivity (Wildman–Crippen MR) is 86.9 cm³/mol. The first kappa shape index (κ1) is 15.9. The number of carbonyl (C=O) groups excluding carboxylic acids is 1. The first-order valence-corrected chi connectivity index (χ1v) is 7.47. The van der Waals surface area contributed by atoms with Crippen molar-refractivity contribution in [3.63, 3.8) is 0 Å². The fourth-order valence-electron chi connectivity index (χ4n) is 2.31. The van der Waals surface area contributed by atoms with Crippen LogP contribution in [0.5, 0.6) is 0 Å². The van der Waals surface area contributed by atoms with Crippen molar-refractivity contribution in [2.24, 2.45) is 5.92 Å². The Morgan fingerprint density at radius 3 is 2.67 bits per heavy atom. The smallest absolute Gasteiger partial charge is 0.273 e. The zero-order valence-electron chi connectivity index (χ0n) is 13.2. The lowest BCUT2D eigenvalue weighted by atomic mass is 10.1. The minimum Gasteiger partial charge on any atom is -0.273 e. The number of rotatable bonds is 4. The number of aromatic nitrogens is 4.